The highest BCUT2D eigenvalue weighted by Gasteiger charge is 2.21. The quantitative estimate of drug-likeness (QED) is 0.224. The van der Waals surface area contributed by atoms with Gasteiger partial charge in [0.1, 0.15) is 6.10 Å². The molecule has 0 N–H and O–H groups in total. The summed E-state index contributed by atoms with van der Waals surface area (Å²) in [6.45, 7) is 5.02. The summed E-state index contributed by atoms with van der Waals surface area (Å²) in [6.07, 6.45) is 19.5. The van der Waals surface area contributed by atoms with Crippen LogP contribution in [0.15, 0.2) is 0 Å². The van der Waals surface area contributed by atoms with Crippen LogP contribution in [0.1, 0.15) is 117 Å². The van der Waals surface area contributed by atoms with Gasteiger partial charge >= 0.3 is 6.16 Å². The Balaban J connectivity index is 1.79. The number of ether oxygens (including phenoxy) is 2. The molecule has 1 radical (unpaired) electrons. The number of unbranched alkanes of at least 4 members (excludes halogenated alkanes) is 12. The van der Waals surface area contributed by atoms with Gasteiger partial charge in [-0.1, -0.05) is 84.0 Å². The summed E-state index contributed by atoms with van der Waals surface area (Å²) in [5.74, 6) is 0. The second kappa shape index (κ2) is 16.4. The van der Waals surface area contributed by atoms with Gasteiger partial charge in [-0.05, 0) is 26.2 Å². The van der Waals surface area contributed by atoms with Crippen LogP contribution >= 0.6 is 0 Å². The van der Waals surface area contributed by atoms with E-state index in [9.17, 15) is 4.79 Å². The molecular formula is C22H42NO3. The van der Waals surface area contributed by atoms with Crippen molar-refractivity contribution >= 4 is 6.16 Å². The molecule has 2 unspecified atom stereocenters. The van der Waals surface area contributed by atoms with Crippen molar-refractivity contribution in [3.05, 3.63) is 0 Å². The summed E-state index contributed by atoms with van der Waals surface area (Å²) in [5, 5.41) is 4.20. The largest absolute Gasteiger partial charge is 0.510 e. The van der Waals surface area contributed by atoms with Crippen molar-refractivity contribution in [3.63, 3.8) is 0 Å². The van der Waals surface area contributed by atoms with Crippen molar-refractivity contribution in [2.75, 3.05) is 6.54 Å². The van der Waals surface area contributed by atoms with E-state index in [4.69, 9.17) is 9.47 Å². The fraction of sp³-hybridized carbons (Fsp3) is 0.955. The molecule has 1 saturated heterocycles. The predicted octanol–water partition coefficient (Wildman–Crippen LogP) is 6.73. The molecule has 0 aromatic rings. The topological polar surface area (TPSA) is 49.6 Å². The molecule has 26 heavy (non-hydrogen) atoms. The minimum atomic E-state index is -0.553. The summed E-state index contributed by atoms with van der Waals surface area (Å²) in [6, 6.07) is 0. The molecule has 0 aromatic carbocycles. The van der Waals surface area contributed by atoms with Crippen LogP contribution in [0.4, 0.5) is 4.79 Å². The molecule has 0 bridgehead atoms. The molecule has 1 fully saturated rings. The minimum absolute atomic E-state index is 0.0587. The Morgan fingerprint density at radius 3 is 1.96 bits per heavy atom. The monoisotopic (exact) mass is 368 g/mol. The number of rotatable bonds is 16. The number of hydrogen-bond acceptors (Lipinski definition) is 3. The molecule has 0 spiro atoms. The Hall–Kier alpha value is -0.770. The third-order valence-corrected chi connectivity index (χ3v) is 5.19. The summed E-state index contributed by atoms with van der Waals surface area (Å²) in [4.78, 5) is 11.6. The second-order valence-electron chi connectivity index (χ2n) is 7.83. The molecule has 2 atom stereocenters. The van der Waals surface area contributed by atoms with Gasteiger partial charge in [0.2, 0.25) is 0 Å². The first-order chi connectivity index (χ1) is 12.7. The lowest BCUT2D eigenvalue weighted by molar-refractivity contribution is -0.00421. The van der Waals surface area contributed by atoms with Crippen molar-refractivity contribution in [2.24, 2.45) is 0 Å². The minimum Gasteiger partial charge on any atom is -0.431 e. The van der Waals surface area contributed by atoms with Crippen molar-refractivity contribution in [3.8, 4) is 0 Å². The van der Waals surface area contributed by atoms with E-state index in [1.807, 2.05) is 6.92 Å². The van der Waals surface area contributed by atoms with Crippen LogP contribution in [0.3, 0.4) is 0 Å². The molecule has 0 amide bonds. The van der Waals surface area contributed by atoms with Crippen molar-refractivity contribution < 1.29 is 14.3 Å². The molecule has 0 aliphatic carbocycles. The van der Waals surface area contributed by atoms with E-state index < -0.39 is 6.16 Å². The molecule has 1 rings (SSSR count). The Kier molecular flexibility index (Phi) is 14.7. The third kappa shape index (κ3) is 13.4. The molecule has 153 valence electrons. The van der Waals surface area contributed by atoms with Crippen LogP contribution in [0, 0.1) is 0 Å². The highest BCUT2D eigenvalue weighted by Crippen LogP contribution is 2.15. The second-order valence-corrected chi connectivity index (χ2v) is 7.83. The van der Waals surface area contributed by atoms with Crippen molar-refractivity contribution in [2.45, 2.75) is 129 Å². The smallest absolute Gasteiger partial charge is 0.431 e. The van der Waals surface area contributed by atoms with Gasteiger partial charge in [0.15, 0.2) is 6.23 Å². The van der Waals surface area contributed by atoms with Crippen LogP contribution in [-0.4, -0.2) is 25.0 Å². The zero-order valence-electron chi connectivity index (χ0n) is 17.3. The fourth-order valence-electron chi connectivity index (χ4n) is 3.50. The SMILES string of the molecule is CCCCCCCCCCCCCCCC(C)OC(=O)OC1CCC[N]1. The molecule has 1 aliphatic rings. The molecule has 0 aromatic heterocycles. The number of nitrogens with zero attached hydrogens (tertiary/aromatic N) is 1. The highest BCUT2D eigenvalue weighted by molar-refractivity contribution is 5.60. The van der Waals surface area contributed by atoms with Crippen molar-refractivity contribution in [1.29, 1.82) is 0 Å². The van der Waals surface area contributed by atoms with Gasteiger partial charge in [0.25, 0.3) is 0 Å². The number of carbonyl (C=O) groups is 1. The number of hydrogen-bond donors (Lipinski definition) is 0. The molecule has 4 nitrogen and oxygen atoms in total. The van der Waals surface area contributed by atoms with E-state index in [1.165, 1.54) is 77.0 Å². The van der Waals surface area contributed by atoms with Gasteiger partial charge in [-0.2, -0.15) is 0 Å². The zero-order valence-corrected chi connectivity index (χ0v) is 17.3. The summed E-state index contributed by atoms with van der Waals surface area (Å²) >= 11 is 0. The molecule has 1 heterocycles. The molecule has 4 heteroatoms. The van der Waals surface area contributed by atoms with E-state index in [0.29, 0.717) is 0 Å². The van der Waals surface area contributed by atoms with Crippen LogP contribution < -0.4 is 5.32 Å². The molecule has 1 aliphatic heterocycles. The maximum atomic E-state index is 11.6. The van der Waals surface area contributed by atoms with E-state index in [-0.39, 0.29) is 12.3 Å². The van der Waals surface area contributed by atoms with Gasteiger partial charge in [-0.25, -0.2) is 10.1 Å². The van der Waals surface area contributed by atoms with Crippen LogP contribution in [0.25, 0.3) is 0 Å². The summed E-state index contributed by atoms with van der Waals surface area (Å²) < 4.78 is 10.5. The Morgan fingerprint density at radius 2 is 1.46 bits per heavy atom. The van der Waals surface area contributed by atoms with E-state index in [0.717, 1.165) is 32.2 Å². The predicted molar refractivity (Wildman–Crippen MR) is 107 cm³/mol. The highest BCUT2D eigenvalue weighted by atomic mass is 16.7. The first-order valence-electron chi connectivity index (χ1n) is 11.3. The van der Waals surface area contributed by atoms with Crippen molar-refractivity contribution in [1.82, 2.24) is 5.32 Å². The molecule has 0 saturated carbocycles. The maximum absolute atomic E-state index is 11.6. The van der Waals surface area contributed by atoms with E-state index >= 15 is 0 Å². The third-order valence-electron chi connectivity index (χ3n) is 5.19. The van der Waals surface area contributed by atoms with Gasteiger partial charge < -0.3 is 9.47 Å². The fourth-order valence-corrected chi connectivity index (χ4v) is 3.50. The van der Waals surface area contributed by atoms with Crippen LogP contribution in [0.5, 0.6) is 0 Å². The Bertz CT molecular complexity index is 329. The summed E-state index contributed by atoms with van der Waals surface area (Å²) in [5.41, 5.74) is 0. The van der Waals surface area contributed by atoms with E-state index in [2.05, 4.69) is 12.2 Å². The van der Waals surface area contributed by atoms with Gasteiger partial charge in [0.05, 0.1) is 0 Å². The number of carbonyl (C=O) groups excluding carboxylic acids is 1. The van der Waals surface area contributed by atoms with Crippen LogP contribution in [0.2, 0.25) is 0 Å². The Labute approximate surface area is 161 Å². The first-order valence-corrected chi connectivity index (χ1v) is 11.3. The van der Waals surface area contributed by atoms with Gasteiger partial charge in [-0.3, -0.25) is 0 Å². The lowest BCUT2D eigenvalue weighted by atomic mass is 10.0. The van der Waals surface area contributed by atoms with Gasteiger partial charge in [0, 0.05) is 13.0 Å². The lowest BCUT2D eigenvalue weighted by Gasteiger charge is -2.15. The average molecular weight is 369 g/mol. The van der Waals surface area contributed by atoms with Crippen LogP contribution in [-0.2, 0) is 9.47 Å². The standard InChI is InChI=1S/C22H42NO3/c1-3-4-5-6-7-8-9-10-11-12-13-14-15-17-20(2)25-22(24)26-21-18-16-19-23-21/h20-21H,3-19H2,1-2H3. The normalized spacial score (nSPS) is 18.0. The first kappa shape index (κ1) is 23.3. The maximum Gasteiger partial charge on any atom is 0.510 e. The lowest BCUT2D eigenvalue weighted by Crippen LogP contribution is -2.25. The average Bonchev–Trinajstić information content (AvgIpc) is 3.11. The van der Waals surface area contributed by atoms with Gasteiger partial charge in [-0.15, -0.1) is 0 Å². The zero-order chi connectivity index (χ0) is 18.9. The van der Waals surface area contributed by atoms with E-state index in [1.54, 1.807) is 0 Å². The summed E-state index contributed by atoms with van der Waals surface area (Å²) in [7, 11) is 0. The molecular weight excluding hydrogens is 326 g/mol. The Morgan fingerprint density at radius 1 is 0.923 bits per heavy atom.